The number of rotatable bonds is 7. The third-order valence-corrected chi connectivity index (χ3v) is 4.42. The smallest absolute Gasteiger partial charge is 0.416 e. The number of ether oxygens (including phenoxy) is 1. The van der Waals surface area contributed by atoms with Crippen LogP contribution in [0.15, 0.2) is 47.6 Å². The molecule has 1 aromatic heterocycles. The molecule has 1 N–H and O–H groups in total. The molecule has 136 valence electrons. The number of nitrogens with one attached hydrogen (secondary N) is 1. The number of carbonyl (C=O) groups excluding carboxylic acids is 1. The van der Waals surface area contributed by atoms with Gasteiger partial charge in [-0.1, -0.05) is 6.07 Å². The molecular weight excluding hydrogens is 363 g/mol. The quantitative estimate of drug-likeness (QED) is 0.737. The lowest BCUT2D eigenvalue weighted by molar-refractivity contribution is -0.142. The molecule has 7 nitrogen and oxygen atoms in total. The van der Waals surface area contributed by atoms with Gasteiger partial charge in [-0.05, 0) is 24.3 Å². The molecule has 1 aromatic carbocycles. The summed E-state index contributed by atoms with van der Waals surface area (Å²) in [5.74, 6) is -0.859. The van der Waals surface area contributed by atoms with Crippen LogP contribution in [0, 0.1) is 0 Å². The fourth-order valence-electron chi connectivity index (χ4n) is 1.81. The Hall–Kier alpha value is -2.40. The maximum atomic E-state index is 12.6. The van der Waals surface area contributed by atoms with Gasteiger partial charge in [0.25, 0.3) is 0 Å². The molecule has 11 heteroatoms. The first-order chi connectivity index (χ1) is 11.7. The van der Waals surface area contributed by atoms with Crippen LogP contribution in [0.25, 0.3) is 0 Å². The SMILES string of the molecule is O=C(CNS(=O)(=O)c1cccc(C(F)(F)F)c1)OCCn1cccn1. The van der Waals surface area contributed by atoms with Crippen molar-refractivity contribution >= 4 is 16.0 Å². The Morgan fingerprint density at radius 1 is 1.28 bits per heavy atom. The number of carbonyl (C=O) groups is 1. The van der Waals surface area contributed by atoms with Crippen molar-refractivity contribution in [1.82, 2.24) is 14.5 Å². The van der Waals surface area contributed by atoms with Gasteiger partial charge in [0.2, 0.25) is 10.0 Å². The molecule has 0 radical (unpaired) electrons. The van der Waals surface area contributed by atoms with E-state index in [2.05, 4.69) is 5.10 Å². The van der Waals surface area contributed by atoms with Gasteiger partial charge in [-0.15, -0.1) is 0 Å². The van der Waals surface area contributed by atoms with Crippen LogP contribution >= 0.6 is 0 Å². The number of esters is 1. The summed E-state index contributed by atoms with van der Waals surface area (Å²) in [6.07, 6.45) is -1.47. The van der Waals surface area contributed by atoms with Crippen LogP contribution in [0.3, 0.4) is 0 Å². The highest BCUT2D eigenvalue weighted by molar-refractivity contribution is 7.89. The number of sulfonamides is 1. The molecule has 0 aliphatic heterocycles. The van der Waals surface area contributed by atoms with E-state index in [0.29, 0.717) is 12.6 Å². The summed E-state index contributed by atoms with van der Waals surface area (Å²) < 4.78 is 70.1. The minimum Gasteiger partial charge on any atom is -0.463 e. The van der Waals surface area contributed by atoms with Crippen molar-refractivity contribution in [3.05, 3.63) is 48.3 Å². The van der Waals surface area contributed by atoms with Crippen LogP contribution in [0.5, 0.6) is 0 Å². The highest BCUT2D eigenvalue weighted by Crippen LogP contribution is 2.30. The predicted octanol–water partition coefficient (Wildman–Crippen LogP) is 1.42. The van der Waals surface area contributed by atoms with Crippen molar-refractivity contribution in [3.63, 3.8) is 0 Å². The monoisotopic (exact) mass is 377 g/mol. The Morgan fingerprint density at radius 2 is 2.04 bits per heavy atom. The van der Waals surface area contributed by atoms with E-state index in [1.807, 2.05) is 4.72 Å². The maximum Gasteiger partial charge on any atom is 0.416 e. The molecule has 1 heterocycles. The van der Waals surface area contributed by atoms with Crippen LogP contribution in [0.4, 0.5) is 13.2 Å². The van der Waals surface area contributed by atoms with Gasteiger partial charge in [0, 0.05) is 12.4 Å². The van der Waals surface area contributed by atoms with Crippen molar-refractivity contribution in [3.8, 4) is 0 Å². The Morgan fingerprint density at radius 3 is 2.68 bits per heavy atom. The minimum absolute atomic E-state index is 0.0220. The number of hydrogen-bond acceptors (Lipinski definition) is 5. The van der Waals surface area contributed by atoms with Crippen molar-refractivity contribution in [2.45, 2.75) is 17.6 Å². The van der Waals surface area contributed by atoms with Gasteiger partial charge in [-0.25, -0.2) is 8.42 Å². The Kier molecular flexibility index (Phi) is 5.80. The van der Waals surface area contributed by atoms with Gasteiger partial charge in [0.05, 0.1) is 17.0 Å². The summed E-state index contributed by atoms with van der Waals surface area (Å²) in [4.78, 5) is 10.9. The standard InChI is InChI=1S/C14H14F3N3O4S/c15-14(16,17)11-3-1-4-12(9-11)25(22,23)19-10-13(21)24-8-7-20-6-2-5-18-20/h1-6,9,19H,7-8,10H2. The molecule has 0 aliphatic rings. The van der Waals surface area contributed by atoms with Crippen molar-refractivity contribution in [1.29, 1.82) is 0 Å². The minimum atomic E-state index is -4.67. The maximum absolute atomic E-state index is 12.6. The molecule has 0 atom stereocenters. The van der Waals surface area contributed by atoms with Crippen LogP contribution < -0.4 is 4.72 Å². The van der Waals surface area contributed by atoms with Gasteiger partial charge in [-0.3, -0.25) is 9.48 Å². The molecule has 0 unspecified atom stereocenters. The van der Waals surface area contributed by atoms with Gasteiger partial charge < -0.3 is 4.74 Å². The zero-order chi connectivity index (χ0) is 18.5. The van der Waals surface area contributed by atoms with Gasteiger partial charge in [0.15, 0.2) is 0 Å². The normalized spacial score (nSPS) is 12.1. The van der Waals surface area contributed by atoms with Gasteiger partial charge in [0.1, 0.15) is 13.2 Å². The summed E-state index contributed by atoms with van der Waals surface area (Å²) in [5.41, 5.74) is -1.10. The zero-order valence-corrected chi connectivity index (χ0v) is 13.5. The largest absolute Gasteiger partial charge is 0.463 e. The van der Waals surface area contributed by atoms with Crippen molar-refractivity contribution in [2.75, 3.05) is 13.2 Å². The zero-order valence-electron chi connectivity index (χ0n) is 12.7. The molecule has 0 saturated heterocycles. The van der Waals surface area contributed by atoms with E-state index >= 15 is 0 Å². The molecule has 2 aromatic rings. The molecule has 25 heavy (non-hydrogen) atoms. The van der Waals surface area contributed by atoms with E-state index in [9.17, 15) is 26.4 Å². The number of alkyl halides is 3. The number of nitrogens with zero attached hydrogens (tertiary/aromatic N) is 2. The Labute approximate surface area is 141 Å². The summed E-state index contributed by atoms with van der Waals surface area (Å²) in [5, 5.41) is 3.89. The molecule has 0 amide bonds. The summed E-state index contributed by atoms with van der Waals surface area (Å²) >= 11 is 0. The number of benzene rings is 1. The number of halogens is 3. The lowest BCUT2D eigenvalue weighted by Gasteiger charge is -2.10. The lowest BCUT2D eigenvalue weighted by Crippen LogP contribution is -2.31. The first-order valence-electron chi connectivity index (χ1n) is 6.98. The van der Waals surface area contributed by atoms with Crippen LogP contribution in [0.1, 0.15) is 5.56 Å². The molecule has 0 fully saturated rings. The van der Waals surface area contributed by atoms with E-state index < -0.39 is 39.2 Å². The number of aromatic nitrogens is 2. The van der Waals surface area contributed by atoms with Gasteiger partial charge >= 0.3 is 12.1 Å². The average molecular weight is 377 g/mol. The third kappa shape index (κ3) is 5.57. The van der Waals surface area contributed by atoms with E-state index in [1.54, 1.807) is 18.5 Å². The second-order valence-corrected chi connectivity index (χ2v) is 6.61. The molecule has 0 spiro atoms. The second kappa shape index (κ2) is 7.66. The second-order valence-electron chi connectivity index (χ2n) is 4.84. The fourth-order valence-corrected chi connectivity index (χ4v) is 2.83. The van der Waals surface area contributed by atoms with Crippen LogP contribution in [0.2, 0.25) is 0 Å². The molecule has 0 saturated carbocycles. The number of hydrogen-bond donors (Lipinski definition) is 1. The summed E-state index contributed by atoms with van der Waals surface area (Å²) in [7, 11) is -4.27. The van der Waals surface area contributed by atoms with Crippen molar-refractivity contribution < 1.29 is 31.1 Å². The van der Waals surface area contributed by atoms with Crippen molar-refractivity contribution in [2.24, 2.45) is 0 Å². The highest BCUT2D eigenvalue weighted by atomic mass is 32.2. The first kappa shape index (κ1) is 18.9. The molecule has 2 rings (SSSR count). The average Bonchev–Trinajstić information content (AvgIpc) is 3.06. The van der Waals surface area contributed by atoms with Gasteiger partial charge in [-0.2, -0.15) is 23.0 Å². The predicted molar refractivity (Wildman–Crippen MR) is 79.8 cm³/mol. The lowest BCUT2D eigenvalue weighted by atomic mass is 10.2. The summed E-state index contributed by atoms with van der Waals surface area (Å²) in [6.45, 7) is -0.428. The van der Waals surface area contributed by atoms with Crippen LogP contribution in [-0.2, 0) is 32.3 Å². The Balaban J connectivity index is 1.89. The Bertz CT molecular complexity index is 820. The van der Waals surface area contributed by atoms with E-state index in [-0.39, 0.29) is 6.61 Å². The third-order valence-electron chi connectivity index (χ3n) is 3.02. The van der Waals surface area contributed by atoms with Crippen LogP contribution in [-0.4, -0.2) is 37.3 Å². The molecule has 0 aliphatic carbocycles. The van der Waals surface area contributed by atoms with E-state index in [4.69, 9.17) is 4.74 Å². The topological polar surface area (TPSA) is 90.3 Å². The summed E-state index contributed by atoms with van der Waals surface area (Å²) in [6, 6.07) is 4.90. The first-order valence-corrected chi connectivity index (χ1v) is 8.47. The highest BCUT2D eigenvalue weighted by Gasteiger charge is 2.31. The molecular formula is C14H14F3N3O4S. The van der Waals surface area contributed by atoms with E-state index in [0.717, 1.165) is 18.2 Å². The molecule has 0 bridgehead atoms. The van der Waals surface area contributed by atoms with E-state index in [1.165, 1.54) is 4.68 Å². The fraction of sp³-hybridized carbons (Fsp3) is 0.286.